The highest BCUT2D eigenvalue weighted by molar-refractivity contribution is 7.22. The molecule has 0 unspecified atom stereocenters. The molecule has 0 aliphatic rings. The number of halogens is 2. The van der Waals surface area contributed by atoms with Crippen LogP contribution in [0.2, 0.25) is 10.0 Å². The number of hydrogen-bond acceptors (Lipinski definition) is 7. The fourth-order valence-electron chi connectivity index (χ4n) is 2.59. The van der Waals surface area contributed by atoms with E-state index in [0.29, 0.717) is 27.2 Å². The predicted octanol–water partition coefficient (Wildman–Crippen LogP) is 3.90. The van der Waals surface area contributed by atoms with E-state index in [-0.39, 0.29) is 17.4 Å². The van der Waals surface area contributed by atoms with Crippen LogP contribution < -0.4 is 20.6 Å². The molecular formula is C18H16Cl2N4O3S. The third-order valence-electron chi connectivity index (χ3n) is 3.80. The summed E-state index contributed by atoms with van der Waals surface area (Å²) in [6.45, 7) is 0. The van der Waals surface area contributed by atoms with Gasteiger partial charge in [0.2, 0.25) is 5.91 Å². The summed E-state index contributed by atoms with van der Waals surface area (Å²) >= 11 is 13.7. The van der Waals surface area contributed by atoms with Crippen LogP contribution in [-0.2, 0) is 11.2 Å². The number of anilines is 1. The van der Waals surface area contributed by atoms with Gasteiger partial charge in [-0.05, 0) is 23.8 Å². The van der Waals surface area contributed by atoms with Crippen molar-refractivity contribution in [3.05, 3.63) is 45.4 Å². The molecule has 0 saturated carbocycles. The van der Waals surface area contributed by atoms with Gasteiger partial charge in [0.05, 0.1) is 42.1 Å². The third kappa shape index (κ3) is 4.30. The Balaban J connectivity index is 1.70. The second-order valence-corrected chi connectivity index (χ2v) is 7.50. The molecule has 7 nitrogen and oxygen atoms in total. The number of thiazole rings is 1. The summed E-state index contributed by atoms with van der Waals surface area (Å²) in [4.78, 5) is 16.4. The van der Waals surface area contributed by atoms with Crippen molar-refractivity contribution >= 4 is 62.0 Å². The highest BCUT2D eigenvalue weighted by atomic mass is 35.5. The number of carbonyl (C=O) groups is 1. The van der Waals surface area contributed by atoms with E-state index in [0.717, 1.165) is 15.8 Å². The van der Waals surface area contributed by atoms with Crippen molar-refractivity contribution in [2.45, 2.75) is 6.42 Å². The number of nitrogens with one attached hydrogen (secondary N) is 1. The minimum atomic E-state index is -0.280. The topological polar surface area (TPSA) is 98.8 Å². The molecule has 146 valence electrons. The van der Waals surface area contributed by atoms with Gasteiger partial charge in [-0.25, -0.2) is 10.4 Å². The molecule has 1 amide bonds. The predicted molar refractivity (Wildman–Crippen MR) is 113 cm³/mol. The number of amides is 1. The number of benzene rings is 2. The molecule has 0 bridgehead atoms. The Hall–Kier alpha value is -2.55. The van der Waals surface area contributed by atoms with Crippen LogP contribution in [-0.4, -0.2) is 31.3 Å². The quantitative estimate of drug-likeness (QED) is 0.449. The summed E-state index contributed by atoms with van der Waals surface area (Å²) < 4.78 is 11.4. The number of hydrazone groups is 1. The summed E-state index contributed by atoms with van der Waals surface area (Å²) in [6, 6.07) is 7.14. The van der Waals surface area contributed by atoms with Crippen molar-refractivity contribution in [3.8, 4) is 11.5 Å². The molecule has 0 radical (unpaired) electrons. The largest absolute Gasteiger partial charge is 0.494 e. The van der Waals surface area contributed by atoms with Crippen molar-refractivity contribution in [2.75, 3.05) is 20.0 Å². The zero-order valence-corrected chi connectivity index (χ0v) is 17.3. The van der Waals surface area contributed by atoms with E-state index >= 15 is 0 Å². The standard InChI is InChI=1S/C18H16Cl2N4O3S/c1-26-16-10(7-11(19)17(27-2)15(16)20)8-22-24-14(25)6-9-3-4-12-13(5-9)28-18(21)23-12/h3-5,7-8H,6H2,1-2H3,(H2,21,23)(H,24,25)/b22-8-. The molecule has 3 aromatic rings. The van der Waals surface area contributed by atoms with Gasteiger partial charge in [0.1, 0.15) is 10.8 Å². The lowest BCUT2D eigenvalue weighted by Gasteiger charge is -2.12. The Bertz CT molecular complexity index is 1070. The molecule has 2 aromatic carbocycles. The van der Waals surface area contributed by atoms with Crippen molar-refractivity contribution in [1.82, 2.24) is 10.4 Å². The summed E-state index contributed by atoms with van der Waals surface area (Å²) in [5.74, 6) is 0.368. The third-order valence-corrected chi connectivity index (χ3v) is 5.27. The smallest absolute Gasteiger partial charge is 0.244 e. The molecule has 3 rings (SSSR count). The van der Waals surface area contributed by atoms with E-state index in [1.807, 2.05) is 18.2 Å². The lowest BCUT2D eigenvalue weighted by molar-refractivity contribution is -0.120. The second kappa shape index (κ2) is 8.64. The molecule has 0 aliphatic carbocycles. The first-order valence-corrected chi connectivity index (χ1v) is 9.57. The number of hydrogen-bond donors (Lipinski definition) is 2. The maximum Gasteiger partial charge on any atom is 0.244 e. The first-order chi connectivity index (χ1) is 13.4. The fourth-order valence-corrected chi connectivity index (χ4v) is 4.09. The van der Waals surface area contributed by atoms with Crippen LogP contribution in [0.4, 0.5) is 5.13 Å². The minimum absolute atomic E-state index is 0.159. The van der Waals surface area contributed by atoms with Crippen molar-refractivity contribution in [2.24, 2.45) is 5.10 Å². The number of methoxy groups -OCH3 is 2. The number of nitrogens with two attached hydrogens (primary N) is 1. The Morgan fingerprint density at radius 3 is 2.75 bits per heavy atom. The summed E-state index contributed by atoms with van der Waals surface area (Å²) in [5.41, 5.74) is 10.3. The summed E-state index contributed by atoms with van der Waals surface area (Å²) in [6.07, 6.45) is 1.56. The molecule has 10 heteroatoms. The van der Waals surface area contributed by atoms with E-state index in [2.05, 4.69) is 15.5 Å². The van der Waals surface area contributed by atoms with E-state index < -0.39 is 0 Å². The fraction of sp³-hybridized carbons (Fsp3) is 0.167. The normalized spacial score (nSPS) is 11.1. The molecular weight excluding hydrogens is 423 g/mol. The molecule has 28 heavy (non-hydrogen) atoms. The molecule has 0 atom stereocenters. The van der Waals surface area contributed by atoms with Crippen molar-refractivity contribution in [1.29, 1.82) is 0 Å². The van der Waals surface area contributed by atoms with Crippen LogP contribution >= 0.6 is 34.5 Å². The Morgan fingerprint density at radius 2 is 2.04 bits per heavy atom. The highest BCUT2D eigenvalue weighted by Crippen LogP contribution is 2.41. The average molecular weight is 439 g/mol. The van der Waals surface area contributed by atoms with Gasteiger partial charge in [-0.2, -0.15) is 5.10 Å². The second-order valence-electron chi connectivity index (χ2n) is 5.65. The van der Waals surface area contributed by atoms with Gasteiger partial charge >= 0.3 is 0 Å². The Labute approximate surface area is 175 Å². The molecule has 0 fully saturated rings. The minimum Gasteiger partial charge on any atom is -0.494 e. The van der Waals surface area contributed by atoms with Gasteiger partial charge in [-0.15, -0.1) is 0 Å². The number of nitrogen functional groups attached to an aromatic ring is 1. The number of aromatic nitrogens is 1. The van der Waals surface area contributed by atoms with Gasteiger partial charge in [0, 0.05) is 5.56 Å². The first-order valence-electron chi connectivity index (χ1n) is 7.99. The molecule has 0 spiro atoms. The average Bonchev–Trinajstić information content (AvgIpc) is 3.01. The zero-order chi connectivity index (χ0) is 20.3. The zero-order valence-electron chi connectivity index (χ0n) is 15.0. The Kier molecular flexibility index (Phi) is 6.23. The number of rotatable bonds is 6. The monoisotopic (exact) mass is 438 g/mol. The number of ether oxygens (including phenoxy) is 2. The summed E-state index contributed by atoms with van der Waals surface area (Å²) in [5, 5.41) is 4.98. The number of carbonyl (C=O) groups excluding carboxylic acids is 1. The van der Waals surface area contributed by atoms with Crippen molar-refractivity contribution in [3.63, 3.8) is 0 Å². The summed E-state index contributed by atoms with van der Waals surface area (Å²) in [7, 11) is 2.92. The van der Waals surface area contributed by atoms with Crippen LogP contribution in [0.1, 0.15) is 11.1 Å². The Morgan fingerprint density at radius 1 is 1.29 bits per heavy atom. The number of nitrogens with zero attached hydrogens (tertiary/aromatic N) is 2. The lowest BCUT2D eigenvalue weighted by atomic mass is 10.1. The maximum atomic E-state index is 12.2. The molecule has 1 aromatic heterocycles. The lowest BCUT2D eigenvalue weighted by Crippen LogP contribution is -2.19. The van der Waals surface area contributed by atoms with E-state index in [4.69, 9.17) is 38.4 Å². The van der Waals surface area contributed by atoms with Gasteiger partial charge < -0.3 is 15.2 Å². The van der Waals surface area contributed by atoms with E-state index in [9.17, 15) is 4.79 Å². The highest BCUT2D eigenvalue weighted by Gasteiger charge is 2.16. The molecule has 1 heterocycles. The van der Waals surface area contributed by atoms with E-state index in [1.54, 1.807) is 6.07 Å². The first kappa shape index (κ1) is 20.2. The van der Waals surface area contributed by atoms with Gasteiger partial charge in [-0.3, -0.25) is 4.79 Å². The van der Waals surface area contributed by atoms with Gasteiger partial charge in [0.25, 0.3) is 0 Å². The SMILES string of the molecule is COc1c(Cl)cc(/C=N\NC(=O)Cc2ccc3nc(N)sc3c2)c(OC)c1Cl. The van der Waals surface area contributed by atoms with Gasteiger partial charge in [-0.1, -0.05) is 40.6 Å². The number of fused-ring (bicyclic) bond motifs is 1. The van der Waals surface area contributed by atoms with Gasteiger partial charge in [0.15, 0.2) is 10.9 Å². The van der Waals surface area contributed by atoms with Crippen LogP contribution in [0.25, 0.3) is 10.2 Å². The van der Waals surface area contributed by atoms with E-state index in [1.165, 1.54) is 31.8 Å². The van der Waals surface area contributed by atoms with Crippen molar-refractivity contribution < 1.29 is 14.3 Å². The molecule has 0 aliphatic heterocycles. The molecule has 0 saturated heterocycles. The molecule has 3 N–H and O–H groups in total. The van der Waals surface area contributed by atoms with Crippen LogP contribution in [0.5, 0.6) is 11.5 Å². The van der Waals surface area contributed by atoms with Crippen LogP contribution in [0.15, 0.2) is 29.4 Å². The van der Waals surface area contributed by atoms with Crippen LogP contribution in [0, 0.1) is 0 Å². The maximum absolute atomic E-state index is 12.2. The van der Waals surface area contributed by atoms with Crippen LogP contribution in [0.3, 0.4) is 0 Å².